The first-order chi connectivity index (χ1) is 8.56. The number of aliphatic hydroxyl groups excluding tert-OH is 1. The van der Waals surface area contributed by atoms with E-state index in [4.69, 9.17) is 4.74 Å². The summed E-state index contributed by atoms with van der Waals surface area (Å²) in [5, 5.41) is 13.8. The molecule has 4 heteroatoms. The fourth-order valence-corrected chi connectivity index (χ4v) is 1.82. The molecule has 0 bridgehead atoms. The van der Waals surface area contributed by atoms with Crippen LogP contribution in [-0.4, -0.2) is 14.9 Å². The summed E-state index contributed by atoms with van der Waals surface area (Å²) in [6, 6.07) is 9.50. The van der Waals surface area contributed by atoms with Crippen LogP contribution in [0.15, 0.2) is 30.3 Å². The third kappa shape index (κ3) is 2.90. The van der Waals surface area contributed by atoms with Crippen LogP contribution >= 0.6 is 0 Å². The van der Waals surface area contributed by atoms with Crippen molar-refractivity contribution < 1.29 is 9.84 Å². The van der Waals surface area contributed by atoms with Gasteiger partial charge in [0.1, 0.15) is 12.4 Å². The molecule has 2 rings (SSSR count). The van der Waals surface area contributed by atoms with Crippen LogP contribution in [0.1, 0.15) is 30.0 Å². The van der Waals surface area contributed by atoms with Crippen molar-refractivity contribution in [3.63, 3.8) is 0 Å². The van der Waals surface area contributed by atoms with Gasteiger partial charge in [-0.25, -0.2) is 0 Å². The summed E-state index contributed by atoms with van der Waals surface area (Å²) in [4.78, 5) is 0. The van der Waals surface area contributed by atoms with Crippen molar-refractivity contribution >= 4 is 0 Å². The molecule has 1 aromatic heterocycles. The molecule has 1 aromatic carbocycles. The molecule has 0 radical (unpaired) electrons. The monoisotopic (exact) mass is 246 g/mol. The quantitative estimate of drug-likeness (QED) is 0.900. The Morgan fingerprint density at radius 3 is 2.78 bits per heavy atom. The fraction of sp³-hybridized carbons (Fsp3) is 0.357. The summed E-state index contributed by atoms with van der Waals surface area (Å²) in [6.07, 6.45) is -0.479. The van der Waals surface area contributed by atoms with Crippen LogP contribution in [0.3, 0.4) is 0 Å². The number of ether oxygens (including phenoxy) is 1. The molecule has 2 aromatic rings. The van der Waals surface area contributed by atoms with E-state index in [0.717, 1.165) is 22.7 Å². The lowest BCUT2D eigenvalue weighted by molar-refractivity contribution is 0.198. The van der Waals surface area contributed by atoms with Gasteiger partial charge in [0.25, 0.3) is 0 Å². The molecule has 1 heterocycles. The standard InChI is InChI=1S/C14H18N2O2/c1-10-7-13(16(3)15-10)9-18-14-6-4-5-12(8-14)11(2)17/h4-8,11,17H,9H2,1-3H3/t11-/m0/s1. The van der Waals surface area contributed by atoms with E-state index in [0.29, 0.717) is 6.61 Å². The molecule has 4 nitrogen and oxygen atoms in total. The van der Waals surface area contributed by atoms with Crippen molar-refractivity contribution in [2.45, 2.75) is 26.6 Å². The molecular formula is C14H18N2O2. The Balaban J connectivity index is 2.06. The highest BCUT2D eigenvalue weighted by Crippen LogP contribution is 2.19. The number of aliphatic hydroxyl groups is 1. The van der Waals surface area contributed by atoms with Crippen molar-refractivity contribution in [3.8, 4) is 5.75 Å². The van der Waals surface area contributed by atoms with Crippen molar-refractivity contribution in [1.29, 1.82) is 0 Å². The summed E-state index contributed by atoms with van der Waals surface area (Å²) >= 11 is 0. The normalized spacial score (nSPS) is 12.4. The Morgan fingerprint density at radius 1 is 1.39 bits per heavy atom. The van der Waals surface area contributed by atoms with Crippen LogP contribution in [-0.2, 0) is 13.7 Å². The van der Waals surface area contributed by atoms with E-state index in [1.165, 1.54) is 0 Å². The van der Waals surface area contributed by atoms with Gasteiger partial charge in [-0.05, 0) is 37.6 Å². The molecule has 96 valence electrons. The molecule has 18 heavy (non-hydrogen) atoms. The van der Waals surface area contributed by atoms with E-state index in [-0.39, 0.29) is 0 Å². The highest BCUT2D eigenvalue weighted by molar-refractivity contribution is 5.29. The van der Waals surface area contributed by atoms with E-state index in [2.05, 4.69) is 5.10 Å². The number of aryl methyl sites for hydroxylation is 2. The first-order valence-corrected chi connectivity index (χ1v) is 5.96. The van der Waals surface area contributed by atoms with E-state index in [1.807, 2.05) is 49.0 Å². The van der Waals surface area contributed by atoms with Crippen LogP contribution in [0.2, 0.25) is 0 Å². The second-order valence-corrected chi connectivity index (χ2v) is 4.44. The average molecular weight is 246 g/mol. The van der Waals surface area contributed by atoms with Gasteiger partial charge in [0, 0.05) is 7.05 Å². The second kappa shape index (κ2) is 5.23. The lowest BCUT2D eigenvalue weighted by atomic mass is 10.1. The lowest BCUT2D eigenvalue weighted by Crippen LogP contribution is -2.03. The van der Waals surface area contributed by atoms with E-state index < -0.39 is 6.10 Å². The molecule has 0 aliphatic rings. The molecule has 0 unspecified atom stereocenters. The highest BCUT2D eigenvalue weighted by Gasteiger charge is 2.05. The van der Waals surface area contributed by atoms with E-state index in [1.54, 1.807) is 6.92 Å². The summed E-state index contributed by atoms with van der Waals surface area (Å²) in [7, 11) is 1.90. The zero-order valence-electron chi connectivity index (χ0n) is 10.9. The predicted octanol–water partition coefficient (Wildman–Crippen LogP) is 2.36. The molecule has 0 fully saturated rings. The third-order valence-electron chi connectivity index (χ3n) is 2.83. The summed E-state index contributed by atoms with van der Waals surface area (Å²) in [6.45, 7) is 4.17. The van der Waals surface area contributed by atoms with Crippen molar-refractivity contribution in [2.75, 3.05) is 0 Å². The van der Waals surface area contributed by atoms with E-state index in [9.17, 15) is 5.11 Å². The summed E-state index contributed by atoms with van der Waals surface area (Å²) in [5.74, 6) is 0.757. The van der Waals surface area contributed by atoms with Gasteiger partial charge in [0.15, 0.2) is 0 Å². The van der Waals surface area contributed by atoms with Crippen molar-refractivity contribution in [2.24, 2.45) is 7.05 Å². The van der Waals surface area contributed by atoms with E-state index >= 15 is 0 Å². The molecule has 0 saturated carbocycles. The highest BCUT2D eigenvalue weighted by atomic mass is 16.5. The van der Waals surface area contributed by atoms with Gasteiger partial charge in [-0.2, -0.15) is 5.10 Å². The topological polar surface area (TPSA) is 47.3 Å². The molecule has 1 N–H and O–H groups in total. The lowest BCUT2D eigenvalue weighted by Gasteiger charge is -2.09. The summed E-state index contributed by atoms with van der Waals surface area (Å²) in [5.41, 5.74) is 2.86. The minimum absolute atomic E-state index is 0.473. The Morgan fingerprint density at radius 2 is 2.17 bits per heavy atom. The Labute approximate surface area is 107 Å². The molecule has 0 saturated heterocycles. The van der Waals surface area contributed by atoms with Crippen LogP contribution in [0, 0.1) is 6.92 Å². The minimum atomic E-state index is -0.479. The first kappa shape index (κ1) is 12.6. The van der Waals surface area contributed by atoms with Crippen LogP contribution in [0.25, 0.3) is 0 Å². The van der Waals surface area contributed by atoms with Gasteiger partial charge in [-0.3, -0.25) is 4.68 Å². The minimum Gasteiger partial charge on any atom is -0.487 e. The first-order valence-electron chi connectivity index (χ1n) is 5.96. The van der Waals surface area contributed by atoms with Crippen LogP contribution in [0.5, 0.6) is 5.75 Å². The van der Waals surface area contributed by atoms with Gasteiger partial charge < -0.3 is 9.84 Å². The maximum absolute atomic E-state index is 9.51. The van der Waals surface area contributed by atoms with Crippen LogP contribution in [0.4, 0.5) is 0 Å². The number of rotatable bonds is 4. The smallest absolute Gasteiger partial charge is 0.130 e. The van der Waals surface area contributed by atoms with Gasteiger partial charge in [0.2, 0.25) is 0 Å². The molecule has 1 atom stereocenters. The number of nitrogens with zero attached hydrogens (tertiary/aromatic N) is 2. The van der Waals surface area contributed by atoms with Crippen molar-refractivity contribution in [3.05, 3.63) is 47.3 Å². The maximum Gasteiger partial charge on any atom is 0.130 e. The summed E-state index contributed by atoms with van der Waals surface area (Å²) < 4.78 is 7.52. The number of hydrogen-bond acceptors (Lipinski definition) is 3. The van der Waals surface area contributed by atoms with Gasteiger partial charge >= 0.3 is 0 Å². The number of aromatic nitrogens is 2. The largest absolute Gasteiger partial charge is 0.487 e. The Kier molecular flexibility index (Phi) is 3.67. The van der Waals surface area contributed by atoms with Crippen LogP contribution < -0.4 is 4.74 Å². The zero-order chi connectivity index (χ0) is 13.1. The Bertz CT molecular complexity index is 532. The molecule has 0 spiro atoms. The Hall–Kier alpha value is -1.81. The van der Waals surface area contributed by atoms with Gasteiger partial charge in [-0.15, -0.1) is 0 Å². The number of hydrogen-bond donors (Lipinski definition) is 1. The molecule has 0 aliphatic carbocycles. The van der Waals surface area contributed by atoms with Crippen molar-refractivity contribution in [1.82, 2.24) is 9.78 Å². The SMILES string of the molecule is Cc1cc(COc2cccc([C@H](C)O)c2)n(C)n1. The molecular weight excluding hydrogens is 228 g/mol. The maximum atomic E-state index is 9.51. The molecule has 0 amide bonds. The van der Waals surface area contributed by atoms with Gasteiger partial charge in [0.05, 0.1) is 17.5 Å². The third-order valence-corrected chi connectivity index (χ3v) is 2.83. The van der Waals surface area contributed by atoms with Gasteiger partial charge in [-0.1, -0.05) is 12.1 Å². The second-order valence-electron chi connectivity index (χ2n) is 4.44. The molecule has 0 aliphatic heterocycles. The fourth-order valence-electron chi connectivity index (χ4n) is 1.82. The number of benzene rings is 1. The zero-order valence-corrected chi connectivity index (χ0v) is 10.9. The predicted molar refractivity (Wildman–Crippen MR) is 69.4 cm³/mol. The average Bonchev–Trinajstić information content (AvgIpc) is 2.65.